The third-order valence-corrected chi connectivity index (χ3v) is 5.48. The number of nitrogens with zero attached hydrogens (tertiary/aromatic N) is 1. The Balaban J connectivity index is 1.77. The van der Waals surface area contributed by atoms with Crippen molar-refractivity contribution in [3.63, 3.8) is 0 Å². The Morgan fingerprint density at radius 1 is 1.17 bits per heavy atom. The minimum atomic E-state index is -0.649. The van der Waals surface area contributed by atoms with Crippen molar-refractivity contribution < 1.29 is 14.3 Å². The van der Waals surface area contributed by atoms with Gasteiger partial charge in [0.2, 0.25) is 5.91 Å². The van der Waals surface area contributed by atoms with E-state index < -0.39 is 6.04 Å². The third-order valence-electron chi connectivity index (χ3n) is 4.54. The smallest absolute Gasteiger partial charge is 0.252 e. The first-order valence-corrected chi connectivity index (χ1v) is 10.3. The van der Waals surface area contributed by atoms with Gasteiger partial charge < -0.3 is 15.4 Å². The molecule has 7 heteroatoms. The number of amides is 2. The number of nitrogens with one attached hydrogen (secondary N) is 2. The van der Waals surface area contributed by atoms with Gasteiger partial charge in [0, 0.05) is 5.56 Å². The average Bonchev–Trinajstić information content (AvgIpc) is 3.08. The van der Waals surface area contributed by atoms with Gasteiger partial charge >= 0.3 is 0 Å². The highest BCUT2D eigenvalue weighted by molar-refractivity contribution is 7.22. The summed E-state index contributed by atoms with van der Waals surface area (Å²) in [5.74, 6) is 0.453. The summed E-state index contributed by atoms with van der Waals surface area (Å²) in [6.45, 7) is 5.91. The lowest BCUT2D eigenvalue weighted by atomic mass is 10.0. The first-order chi connectivity index (χ1) is 13.9. The Morgan fingerprint density at radius 3 is 2.62 bits per heavy atom. The van der Waals surface area contributed by atoms with Crippen LogP contribution in [-0.4, -0.2) is 29.9 Å². The van der Waals surface area contributed by atoms with Crippen LogP contribution in [0.2, 0.25) is 0 Å². The second-order valence-corrected chi connectivity index (χ2v) is 8.34. The fourth-order valence-corrected chi connectivity index (χ4v) is 3.94. The Hall–Kier alpha value is -2.93. The van der Waals surface area contributed by atoms with E-state index in [0.717, 1.165) is 21.5 Å². The molecule has 1 heterocycles. The van der Waals surface area contributed by atoms with Crippen LogP contribution >= 0.6 is 11.3 Å². The Morgan fingerprint density at radius 2 is 1.93 bits per heavy atom. The van der Waals surface area contributed by atoms with E-state index in [4.69, 9.17) is 4.74 Å². The van der Waals surface area contributed by atoms with Crippen LogP contribution in [0.1, 0.15) is 36.2 Å². The minimum Gasteiger partial charge on any atom is -0.497 e. The summed E-state index contributed by atoms with van der Waals surface area (Å²) in [5.41, 5.74) is 2.23. The van der Waals surface area contributed by atoms with E-state index in [1.54, 1.807) is 13.2 Å². The molecule has 2 amide bonds. The number of hydrogen-bond donors (Lipinski definition) is 2. The van der Waals surface area contributed by atoms with E-state index in [-0.39, 0.29) is 17.7 Å². The van der Waals surface area contributed by atoms with Crippen LogP contribution in [0, 0.1) is 12.8 Å². The summed E-state index contributed by atoms with van der Waals surface area (Å²) in [7, 11) is 1.61. The van der Waals surface area contributed by atoms with Crippen LogP contribution in [-0.2, 0) is 4.79 Å². The predicted molar refractivity (Wildman–Crippen MR) is 117 cm³/mol. The quantitative estimate of drug-likeness (QED) is 0.604. The molecule has 0 spiro atoms. The predicted octanol–water partition coefficient (Wildman–Crippen LogP) is 4.40. The monoisotopic (exact) mass is 411 g/mol. The topological polar surface area (TPSA) is 80.3 Å². The third kappa shape index (κ3) is 5.12. The molecule has 0 fully saturated rings. The van der Waals surface area contributed by atoms with Crippen LogP contribution in [0.3, 0.4) is 0 Å². The molecule has 0 saturated heterocycles. The van der Waals surface area contributed by atoms with E-state index in [1.165, 1.54) is 11.3 Å². The van der Waals surface area contributed by atoms with Crippen LogP contribution in [0.4, 0.5) is 5.13 Å². The molecule has 152 valence electrons. The summed E-state index contributed by atoms with van der Waals surface area (Å²) in [6, 6.07) is 12.3. The van der Waals surface area contributed by atoms with Crippen molar-refractivity contribution in [2.24, 2.45) is 5.92 Å². The highest BCUT2D eigenvalue weighted by atomic mass is 32.1. The van der Waals surface area contributed by atoms with Gasteiger partial charge in [-0.3, -0.25) is 9.59 Å². The zero-order chi connectivity index (χ0) is 21.0. The lowest BCUT2D eigenvalue weighted by Gasteiger charge is -2.20. The van der Waals surface area contributed by atoms with Crippen molar-refractivity contribution >= 4 is 38.5 Å². The van der Waals surface area contributed by atoms with Gasteiger partial charge in [-0.05, 0) is 49.1 Å². The number of methoxy groups -OCH3 is 1. The molecule has 0 saturated carbocycles. The van der Waals surface area contributed by atoms with Crippen molar-refractivity contribution in [2.75, 3.05) is 12.4 Å². The molecule has 1 aromatic heterocycles. The maximum absolute atomic E-state index is 12.9. The molecule has 3 aromatic rings. The number of thiazole rings is 1. The molecular formula is C22H25N3O3S. The van der Waals surface area contributed by atoms with Gasteiger partial charge in [-0.2, -0.15) is 0 Å². The summed E-state index contributed by atoms with van der Waals surface area (Å²) in [5, 5.41) is 6.24. The molecule has 1 unspecified atom stereocenters. The maximum atomic E-state index is 12.9. The van der Waals surface area contributed by atoms with Crippen LogP contribution in [0.5, 0.6) is 5.75 Å². The number of aryl methyl sites for hydroxylation is 1. The molecule has 1 atom stereocenters. The lowest BCUT2D eigenvalue weighted by Crippen LogP contribution is -2.44. The number of anilines is 1. The standard InChI is InChI=1S/C22H25N3O3S/c1-13(2)11-18(23-20(26)16-8-6-5-7-14(16)3)21(27)25-22-24-17-10-9-15(28-4)12-19(17)29-22/h5-10,12-13,18H,11H2,1-4H3,(H,23,26)(H,24,25,27). The number of benzene rings is 2. The lowest BCUT2D eigenvalue weighted by molar-refractivity contribution is -0.118. The van der Waals surface area contributed by atoms with Gasteiger partial charge in [-0.15, -0.1) is 0 Å². The fraction of sp³-hybridized carbons (Fsp3) is 0.318. The molecule has 0 aliphatic carbocycles. The summed E-state index contributed by atoms with van der Waals surface area (Å²) < 4.78 is 6.15. The van der Waals surface area contributed by atoms with E-state index in [1.807, 2.05) is 57.2 Å². The van der Waals surface area contributed by atoms with Gasteiger partial charge in [-0.25, -0.2) is 4.98 Å². The Kier molecular flexibility index (Phi) is 6.49. The highest BCUT2D eigenvalue weighted by Gasteiger charge is 2.24. The second-order valence-electron chi connectivity index (χ2n) is 7.31. The molecule has 2 N–H and O–H groups in total. The number of carbonyl (C=O) groups is 2. The molecule has 0 aliphatic heterocycles. The normalized spacial score (nSPS) is 12.0. The number of rotatable bonds is 7. The second kappa shape index (κ2) is 9.05. The summed E-state index contributed by atoms with van der Waals surface area (Å²) >= 11 is 1.37. The fourth-order valence-electron chi connectivity index (χ4n) is 3.04. The molecule has 6 nitrogen and oxygen atoms in total. The van der Waals surface area contributed by atoms with E-state index in [2.05, 4.69) is 15.6 Å². The summed E-state index contributed by atoms with van der Waals surface area (Å²) in [4.78, 5) is 30.1. The number of fused-ring (bicyclic) bond motifs is 1. The molecule has 0 aliphatic rings. The van der Waals surface area contributed by atoms with Crippen molar-refractivity contribution in [2.45, 2.75) is 33.2 Å². The molecule has 0 bridgehead atoms. The van der Waals surface area contributed by atoms with E-state index in [0.29, 0.717) is 17.1 Å². The molecule has 0 radical (unpaired) electrons. The first kappa shape index (κ1) is 20.8. The highest BCUT2D eigenvalue weighted by Crippen LogP contribution is 2.29. The van der Waals surface area contributed by atoms with Crippen molar-refractivity contribution in [1.82, 2.24) is 10.3 Å². The number of ether oxygens (including phenoxy) is 1. The van der Waals surface area contributed by atoms with Crippen LogP contribution in [0.15, 0.2) is 42.5 Å². The zero-order valence-corrected chi connectivity index (χ0v) is 17.8. The maximum Gasteiger partial charge on any atom is 0.252 e. The SMILES string of the molecule is COc1ccc2nc(NC(=O)C(CC(C)C)NC(=O)c3ccccc3C)sc2c1. The van der Waals surface area contributed by atoms with Crippen molar-refractivity contribution in [3.05, 3.63) is 53.6 Å². The molecule has 3 rings (SSSR count). The van der Waals surface area contributed by atoms with Crippen molar-refractivity contribution in [3.8, 4) is 5.75 Å². The van der Waals surface area contributed by atoms with Gasteiger partial charge in [-0.1, -0.05) is 43.4 Å². The molecule has 2 aromatic carbocycles. The largest absolute Gasteiger partial charge is 0.497 e. The number of carbonyl (C=O) groups excluding carboxylic acids is 2. The molecular weight excluding hydrogens is 386 g/mol. The van der Waals surface area contributed by atoms with Gasteiger partial charge in [0.25, 0.3) is 5.91 Å². The van der Waals surface area contributed by atoms with Gasteiger partial charge in [0.15, 0.2) is 5.13 Å². The van der Waals surface area contributed by atoms with Crippen LogP contribution in [0.25, 0.3) is 10.2 Å². The Bertz CT molecular complexity index is 1030. The number of aromatic nitrogens is 1. The van der Waals surface area contributed by atoms with Crippen molar-refractivity contribution in [1.29, 1.82) is 0 Å². The van der Waals surface area contributed by atoms with E-state index in [9.17, 15) is 9.59 Å². The number of hydrogen-bond acceptors (Lipinski definition) is 5. The van der Waals surface area contributed by atoms with Crippen LogP contribution < -0.4 is 15.4 Å². The minimum absolute atomic E-state index is 0.238. The van der Waals surface area contributed by atoms with Gasteiger partial charge in [0.1, 0.15) is 11.8 Å². The first-order valence-electron chi connectivity index (χ1n) is 9.49. The Labute approximate surface area is 174 Å². The molecule has 29 heavy (non-hydrogen) atoms. The van der Waals surface area contributed by atoms with E-state index >= 15 is 0 Å². The van der Waals surface area contributed by atoms with Gasteiger partial charge in [0.05, 0.1) is 17.3 Å². The summed E-state index contributed by atoms with van der Waals surface area (Å²) in [6.07, 6.45) is 0.530. The zero-order valence-electron chi connectivity index (χ0n) is 17.0. The average molecular weight is 412 g/mol.